The second kappa shape index (κ2) is 3.88. The predicted octanol–water partition coefficient (Wildman–Crippen LogP) is 0.902. The number of hydrogen-bond donors (Lipinski definition) is 1. The Kier molecular flexibility index (Phi) is 2.44. The van der Waals surface area contributed by atoms with Crippen LogP contribution in [0.25, 0.3) is 5.65 Å². The average Bonchev–Trinajstić information content (AvgIpc) is 2.72. The van der Waals surface area contributed by atoms with Crippen molar-refractivity contribution in [3.05, 3.63) is 24.5 Å². The van der Waals surface area contributed by atoms with E-state index >= 15 is 0 Å². The molecular weight excluding hydrogens is 240 g/mol. The maximum absolute atomic E-state index is 13.5. The van der Waals surface area contributed by atoms with Crippen LogP contribution in [-0.4, -0.2) is 39.7 Å². The van der Waals surface area contributed by atoms with Gasteiger partial charge in [0.05, 0.1) is 12.7 Å². The zero-order valence-electron chi connectivity index (χ0n) is 9.63. The van der Waals surface area contributed by atoms with Crippen molar-refractivity contribution in [1.82, 2.24) is 14.6 Å². The number of nitrogens with zero attached hydrogens (tertiary/aromatic N) is 4. The van der Waals surface area contributed by atoms with Crippen molar-refractivity contribution in [2.24, 2.45) is 5.73 Å². The van der Waals surface area contributed by atoms with Crippen LogP contribution in [-0.2, 0) is 0 Å². The van der Waals surface area contributed by atoms with Gasteiger partial charge in [-0.25, -0.2) is 18.3 Å². The second-order valence-corrected chi connectivity index (χ2v) is 4.62. The lowest BCUT2D eigenvalue weighted by atomic mass is 10.0. The van der Waals surface area contributed by atoms with E-state index in [0.717, 1.165) is 0 Å². The van der Waals surface area contributed by atoms with Crippen LogP contribution in [0.4, 0.5) is 14.6 Å². The quantitative estimate of drug-likeness (QED) is 0.820. The summed E-state index contributed by atoms with van der Waals surface area (Å²) in [5.41, 5.74) is 6.30. The van der Waals surface area contributed by atoms with Gasteiger partial charge in [0.15, 0.2) is 5.65 Å². The minimum absolute atomic E-state index is 0.265. The van der Waals surface area contributed by atoms with Crippen molar-refractivity contribution in [3.63, 3.8) is 0 Å². The lowest BCUT2D eigenvalue weighted by Gasteiger charge is -2.36. The zero-order valence-corrected chi connectivity index (χ0v) is 9.63. The van der Waals surface area contributed by atoms with Gasteiger partial charge in [-0.1, -0.05) is 0 Å². The monoisotopic (exact) mass is 253 g/mol. The molecule has 1 aliphatic heterocycles. The van der Waals surface area contributed by atoms with Gasteiger partial charge in [-0.15, -0.1) is 0 Å². The summed E-state index contributed by atoms with van der Waals surface area (Å²) in [5, 5.41) is 4.01. The molecule has 0 spiro atoms. The maximum Gasteiger partial charge on any atom is 0.266 e. The van der Waals surface area contributed by atoms with Crippen molar-refractivity contribution in [2.75, 3.05) is 18.0 Å². The molecule has 0 aromatic carbocycles. The van der Waals surface area contributed by atoms with Gasteiger partial charge < -0.3 is 10.6 Å². The molecule has 0 aliphatic carbocycles. The third-order valence-electron chi connectivity index (χ3n) is 3.01. The summed E-state index contributed by atoms with van der Waals surface area (Å²) in [6, 6.07) is 2.87. The molecule has 1 unspecified atom stereocenters. The summed E-state index contributed by atoms with van der Waals surface area (Å²) in [6.07, 6.45) is 3.05. The minimum atomic E-state index is -2.76. The van der Waals surface area contributed by atoms with Crippen LogP contribution >= 0.6 is 0 Å². The Balaban J connectivity index is 1.93. The van der Waals surface area contributed by atoms with Crippen molar-refractivity contribution in [3.8, 4) is 0 Å². The minimum Gasteiger partial charge on any atom is -0.349 e. The number of halogens is 2. The van der Waals surface area contributed by atoms with Gasteiger partial charge in [-0.05, 0) is 6.07 Å². The van der Waals surface area contributed by atoms with Gasteiger partial charge >= 0.3 is 0 Å². The number of piperidine rings is 1. The number of aromatic nitrogens is 3. The van der Waals surface area contributed by atoms with Crippen molar-refractivity contribution < 1.29 is 8.78 Å². The number of hydrogen-bond acceptors (Lipinski definition) is 4. The van der Waals surface area contributed by atoms with E-state index in [2.05, 4.69) is 10.1 Å². The standard InChI is InChI=1S/C11H13F2N5/c12-11(13)5-8(14)6-17(7-11)9-2-4-18-10(16-9)1-3-15-18/h1-4,8H,5-7,14H2. The van der Waals surface area contributed by atoms with Crippen molar-refractivity contribution in [1.29, 1.82) is 0 Å². The Morgan fingerprint density at radius 1 is 1.39 bits per heavy atom. The number of nitrogens with two attached hydrogens (primary N) is 1. The first-order valence-corrected chi connectivity index (χ1v) is 5.72. The van der Waals surface area contributed by atoms with Crippen LogP contribution in [0.5, 0.6) is 0 Å². The summed E-state index contributed by atoms with van der Waals surface area (Å²) < 4.78 is 28.5. The van der Waals surface area contributed by atoms with Gasteiger partial charge in [0.1, 0.15) is 5.82 Å². The predicted molar refractivity (Wildman–Crippen MR) is 62.7 cm³/mol. The van der Waals surface area contributed by atoms with E-state index in [1.54, 1.807) is 29.0 Å². The molecule has 1 aliphatic rings. The van der Waals surface area contributed by atoms with Gasteiger partial charge in [0.25, 0.3) is 5.92 Å². The molecule has 2 N–H and O–H groups in total. The van der Waals surface area contributed by atoms with Crippen LogP contribution in [0.3, 0.4) is 0 Å². The zero-order chi connectivity index (χ0) is 12.8. The molecule has 5 nitrogen and oxygen atoms in total. The highest BCUT2D eigenvalue weighted by molar-refractivity contribution is 5.48. The number of anilines is 1. The molecule has 18 heavy (non-hydrogen) atoms. The molecule has 0 amide bonds. The molecule has 0 radical (unpaired) electrons. The molecule has 3 heterocycles. The number of rotatable bonds is 1. The summed E-state index contributed by atoms with van der Waals surface area (Å²) in [6.45, 7) is 0.0604. The Bertz CT molecular complexity index is 567. The maximum atomic E-state index is 13.5. The molecule has 2 aromatic heterocycles. The fourth-order valence-electron chi connectivity index (χ4n) is 2.29. The Morgan fingerprint density at radius 3 is 3.00 bits per heavy atom. The molecule has 3 rings (SSSR count). The molecule has 1 fully saturated rings. The topological polar surface area (TPSA) is 59.5 Å². The molecule has 96 valence electrons. The van der Waals surface area contributed by atoms with Crippen LogP contribution in [0.1, 0.15) is 6.42 Å². The van der Waals surface area contributed by atoms with E-state index in [9.17, 15) is 8.78 Å². The van der Waals surface area contributed by atoms with Gasteiger partial charge in [-0.2, -0.15) is 5.10 Å². The van der Waals surface area contributed by atoms with E-state index in [4.69, 9.17) is 5.73 Å². The highest BCUT2D eigenvalue weighted by Crippen LogP contribution is 2.28. The molecule has 2 aromatic rings. The first-order valence-electron chi connectivity index (χ1n) is 5.72. The smallest absolute Gasteiger partial charge is 0.266 e. The number of alkyl halides is 2. The number of fused-ring (bicyclic) bond motifs is 1. The van der Waals surface area contributed by atoms with E-state index < -0.39 is 12.0 Å². The largest absolute Gasteiger partial charge is 0.349 e. The normalized spacial score (nSPS) is 23.5. The van der Waals surface area contributed by atoms with Crippen LogP contribution in [0.2, 0.25) is 0 Å². The molecule has 0 saturated carbocycles. The highest BCUT2D eigenvalue weighted by Gasteiger charge is 2.39. The first-order chi connectivity index (χ1) is 8.53. The molecular formula is C11H13F2N5. The average molecular weight is 253 g/mol. The van der Waals surface area contributed by atoms with Crippen LogP contribution < -0.4 is 10.6 Å². The lowest BCUT2D eigenvalue weighted by molar-refractivity contribution is -0.0174. The van der Waals surface area contributed by atoms with E-state index in [0.29, 0.717) is 18.0 Å². The fourth-order valence-corrected chi connectivity index (χ4v) is 2.29. The first kappa shape index (κ1) is 11.3. The summed E-state index contributed by atoms with van der Waals surface area (Å²) >= 11 is 0. The summed E-state index contributed by atoms with van der Waals surface area (Å²) in [4.78, 5) is 5.83. The van der Waals surface area contributed by atoms with E-state index in [1.165, 1.54) is 4.90 Å². The third-order valence-corrected chi connectivity index (χ3v) is 3.01. The SMILES string of the molecule is NC1CN(c2ccn3nccc3n2)CC(F)(F)C1. The fraction of sp³-hybridized carbons (Fsp3) is 0.455. The van der Waals surface area contributed by atoms with Crippen LogP contribution in [0.15, 0.2) is 24.5 Å². The Hall–Kier alpha value is -1.76. The summed E-state index contributed by atoms with van der Waals surface area (Å²) in [7, 11) is 0. The molecule has 1 saturated heterocycles. The molecule has 1 atom stereocenters. The second-order valence-electron chi connectivity index (χ2n) is 4.62. The highest BCUT2D eigenvalue weighted by atomic mass is 19.3. The molecule has 7 heteroatoms. The van der Waals surface area contributed by atoms with Gasteiger partial charge in [0.2, 0.25) is 0 Å². The van der Waals surface area contributed by atoms with E-state index in [1.807, 2.05) is 0 Å². The third kappa shape index (κ3) is 2.01. The van der Waals surface area contributed by atoms with Gasteiger partial charge in [0, 0.05) is 31.3 Å². The van der Waals surface area contributed by atoms with Crippen molar-refractivity contribution in [2.45, 2.75) is 18.4 Å². The Labute approximate surface area is 102 Å². The van der Waals surface area contributed by atoms with Crippen molar-refractivity contribution >= 4 is 11.5 Å². The lowest BCUT2D eigenvalue weighted by Crippen LogP contribution is -2.52. The van der Waals surface area contributed by atoms with Gasteiger partial charge in [-0.3, -0.25) is 0 Å². The van der Waals surface area contributed by atoms with E-state index in [-0.39, 0.29) is 13.0 Å². The van der Waals surface area contributed by atoms with Crippen LogP contribution in [0, 0.1) is 0 Å². The summed E-state index contributed by atoms with van der Waals surface area (Å²) in [5.74, 6) is -2.25. The Morgan fingerprint density at radius 2 is 2.22 bits per heavy atom. The molecule has 0 bridgehead atoms.